The van der Waals surface area contributed by atoms with Crippen LogP contribution in [0.4, 0.5) is 14.5 Å². The first-order chi connectivity index (χ1) is 6.43. The van der Waals surface area contributed by atoms with Gasteiger partial charge in [0, 0.05) is 6.07 Å². The number of rotatable bonds is 2. The average Bonchev–Trinajstić information content (AvgIpc) is 2.01. The Labute approximate surface area is 84.0 Å². The minimum absolute atomic E-state index is 0.0246. The van der Waals surface area contributed by atoms with E-state index in [0.29, 0.717) is 0 Å². The second-order valence-electron chi connectivity index (χ2n) is 2.30. The molecular formula is C6H3BrF2N2O3. The summed E-state index contributed by atoms with van der Waals surface area (Å²) in [6.07, 6.45) is -3.10. The molecule has 14 heavy (non-hydrogen) atoms. The lowest BCUT2D eigenvalue weighted by atomic mass is 10.3. The molecule has 0 aromatic carbocycles. The zero-order chi connectivity index (χ0) is 10.9. The molecule has 0 atom stereocenters. The largest absolute Gasteiger partial charge is 0.343 e. The van der Waals surface area contributed by atoms with E-state index in [2.05, 4.69) is 15.9 Å². The number of pyridine rings is 1. The molecule has 1 rings (SSSR count). The van der Waals surface area contributed by atoms with Crippen LogP contribution in [0.1, 0.15) is 12.1 Å². The Balaban J connectivity index is 3.53. The fourth-order valence-electron chi connectivity index (χ4n) is 0.886. The molecule has 1 aromatic heterocycles. The third-order valence-electron chi connectivity index (χ3n) is 1.40. The van der Waals surface area contributed by atoms with Gasteiger partial charge in [-0.1, -0.05) is 0 Å². The van der Waals surface area contributed by atoms with Crippen molar-refractivity contribution in [1.29, 1.82) is 0 Å². The lowest BCUT2D eigenvalue weighted by Crippen LogP contribution is -2.12. The van der Waals surface area contributed by atoms with Gasteiger partial charge < -0.3 is 4.98 Å². The summed E-state index contributed by atoms with van der Waals surface area (Å²) in [5.41, 5.74) is -3.17. The number of aromatic amines is 1. The van der Waals surface area contributed by atoms with Crippen LogP contribution in [0.15, 0.2) is 15.5 Å². The molecule has 76 valence electrons. The van der Waals surface area contributed by atoms with Gasteiger partial charge in [0.05, 0.1) is 9.53 Å². The highest BCUT2D eigenvalue weighted by molar-refractivity contribution is 9.10. The summed E-state index contributed by atoms with van der Waals surface area (Å²) >= 11 is 2.75. The second kappa shape index (κ2) is 3.82. The highest BCUT2D eigenvalue weighted by atomic mass is 79.9. The van der Waals surface area contributed by atoms with E-state index in [4.69, 9.17) is 0 Å². The van der Waals surface area contributed by atoms with Crippen molar-refractivity contribution in [3.8, 4) is 0 Å². The zero-order valence-electron chi connectivity index (χ0n) is 6.46. The molecule has 0 saturated heterocycles. The molecule has 5 nitrogen and oxygen atoms in total. The van der Waals surface area contributed by atoms with Crippen LogP contribution in [-0.4, -0.2) is 9.91 Å². The van der Waals surface area contributed by atoms with Gasteiger partial charge in [-0.3, -0.25) is 14.9 Å². The first-order valence-corrected chi connectivity index (χ1v) is 4.08. The van der Waals surface area contributed by atoms with Crippen molar-refractivity contribution in [2.24, 2.45) is 0 Å². The fraction of sp³-hybridized carbons (Fsp3) is 0.167. The normalized spacial score (nSPS) is 10.6. The number of nitro groups is 1. The molecule has 0 aliphatic rings. The molecule has 0 bridgehead atoms. The number of aromatic nitrogens is 1. The molecule has 0 unspecified atom stereocenters. The van der Waals surface area contributed by atoms with E-state index in [-0.39, 0.29) is 4.60 Å². The van der Waals surface area contributed by atoms with Crippen LogP contribution in [0.2, 0.25) is 0 Å². The number of hydrogen-bond acceptors (Lipinski definition) is 3. The average molecular weight is 269 g/mol. The Morgan fingerprint density at radius 1 is 1.57 bits per heavy atom. The summed E-state index contributed by atoms with van der Waals surface area (Å²) in [7, 11) is 0. The van der Waals surface area contributed by atoms with E-state index in [1.807, 2.05) is 4.98 Å². The molecule has 1 N–H and O–H groups in total. The molecule has 0 amide bonds. The van der Waals surface area contributed by atoms with Crippen LogP contribution in [0.3, 0.4) is 0 Å². The highest BCUT2D eigenvalue weighted by Crippen LogP contribution is 2.24. The third kappa shape index (κ3) is 1.95. The summed E-state index contributed by atoms with van der Waals surface area (Å²) in [6.45, 7) is 0. The third-order valence-corrected chi connectivity index (χ3v) is 1.83. The van der Waals surface area contributed by atoms with E-state index in [0.717, 1.165) is 6.07 Å². The van der Waals surface area contributed by atoms with Crippen LogP contribution in [0.5, 0.6) is 0 Å². The van der Waals surface area contributed by atoms with Gasteiger partial charge in [0.25, 0.3) is 11.9 Å². The summed E-state index contributed by atoms with van der Waals surface area (Å²) in [6, 6.07) is 0.823. The number of nitrogens with one attached hydrogen (secondary N) is 1. The zero-order valence-corrected chi connectivity index (χ0v) is 8.05. The van der Waals surface area contributed by atoms with Crippen molar-refractivity contribution < 1.29 is 13.7 Å². The summed E-state index contributed by atoms with van der Waals surface area (Å²) in [5, 5.41) is 10.3. The minimum Gasteiger partial charge on any atom is -0.343 e. The number of halogens is 3. The molecule has 0 saturated carbocycles. The van der Waals surface area contributed by atoms with Crippen molar-refractivity contribution in [2.45, 2.75) is 6.43 Å². The van der Waals surface area contributed by atoms with Gasteiger partial charge in [-0.2, -0.15) is 0 Å². The van der Waals surface area contributed by atoms with E-state index < -0.39 is 28.2 Å². The molecule has 0 radical (unpaired) electrons. The van der Waals surface area contributed by atoms with Gasteiger partial charge in [0.1, 0.15) is 0 Å². The monoisotopic (exact) mass is 268 g/mol. The fourth-order valence-corrected chi connectivity index (χ4v) is 1.31. The van der Waals surface area contributed by atoms with Gasteiger partial charge >= 0.3 is 5.69 Å². The van der Waals surface area contributed by atoms with Crippen LogP contribution in [-0.2, 0) is 0 Å². The molecule has 1 aromatic rings. The minimum atomic E-state index is -3.10. The first-order valence-electron chi connectivity index (χ1n) is 3.28. The first kappa shape index (κ1) is 10.8. The molecule has 1 heterocycles. The van der Waals surface area contributed by atoms with E-state index >= 15 is 0 Å². The summed E-state index contributed by atoms with van der Waals surface area (Å²) in [4.78, 5) is 22.2. The van der Waals surface area contributed by atoms with Gasteiger partial charge in [-0.15, -0.1) is 0 Å². The maximum atomic E-state index is 12.3. The smallest absolute Gasteiger partial charge is 0.341 e. The lowest BCUT2D eigenvalue weighted by molar-refractivity contribution is -0.387. The van der Waals surface area contributed by atoms with Crippen molar-refractivity contribution in [2.75, 3.05) is 0 Å². The van der Waals surface area contributed by atoms with Crippen LogP contribution in [0, 0.1) is 10.1 Å². The molecular weight excluding hydrogens is 266 g/mol. The maximum absolute atomic E-state index is 12.3. The van der Waals surface area contributed by atoms with Gasteiger partial charge in [-0.25, -0.2) is 8.78 Å². The van der Waals surface area contributed by atoms with Crippen LogP contribution >= 0.6 is 15.9 Å². The Morgan fingerprint density at radius 3 is 2.57 bits per heavy atom. The Kier molecular flexibility index (Phi) is 2.94. The number of H-pyrrole nitrogens is 1. The van der Waals surface area contributed by atoms with E-state index in [1.165, 1.54) is 0 Å². The highest BCUT2D eigenvalue weighted by Gasteiger charge is 2.26. The van der Waals surface area contributed by atoms with Crippen molar-refractivity contribution in [3.63, 3.8) is 0 Å². The van der Waals surface area contributed by atoms with Gasteiger partial charge in [0.2, 0.25) is 0 Å². The van der Waals surface area contributed by atoms with Gasteiger partial charge in [-0.05, 0) is 15.9 Å². The Morgan fingerprint density at radius 2 is 2.14 bits per heavy atom. The number of hydrogen-bond donors (Lipinski definition) is 1. The Hall–Kier alpha value is -1.31. The van der Waals surface area contributed by atoms with Crippen molar-refractivity contribution in [1.82, 2.24) is 4.98 Å². The predicted octanol–water partition coefficient (Wildman–Crippen LogP) is 1.98. The molecule has 0 aliphatic carbocycles. The van der Waals surface area contributed by atoms with Gasteiger partial charge in [0.15, 0.2) is 5.69 Å². The SMILES string of the molecule is O=c1cc(Br)[nH]c(C(F)F)c1[N+](=O)[O-]. The van der Waals surface area contributed by atoms with Crippen LogP contribution in [0.25, 0.3) is 0 Å². The van der Waals surface area contributed by atoms with E-state index in [9.17, 15) is 23.7 Å². The van der Waals surface area contributed by atoms with E-state index in [1.54, 1.807) is 0 Å². The molecule has 0 aliphatic heterocycles. The number of nitrogens with zero attached hydrogens (tertiary/aromatic N) is 1. The lowest BCUT2D eigenvalue weighted by Gasteiger charge is -2.01. The predicted molar refractivity (Wildman–Crippen MR) is 46.4 cm³/mol. The second-order valence-corrected chi connectivity index (χ2v) is 3.16. The van der Waals surface area contributed by atoms with Crippen molar-refractivity contribution >= 4 is 21.6 Å². The number of alkyl halides is 2. The van der Waals surface area contributed by atoms with Crippen LogP contribution < -0.4 is 5.43 Å². The molecule has 0 fully saturated rings. The summed E-state index contributed by atoms with van der Waals surface area (Å²) in [5.74, 6) is 0. The Bertz CT molecular complexity index is 432. The molecule has 0 spiro atoms. The topological polar surface area (TPSA) is 76.0 Å². The molecule has 8 heteroatoms. The quantitative estimate of drug-likeness (QED) is 0.506. The summed E-state index contributed by atoms with van der Waals surface area (Å²) < 4.78 is 24.5. The maximum Gasteiger partial charge on any atom is 0.341 e. The standard InChI is InChI=1S/C6H3BrF2N2O3/c7-3-1-2(12)5(11(13)14)4(10-3)6(8)9/h1,6H,(H,10,12). The van der Waals surface area contributed by atoms with Crippen molar-refractivity contribution in [3.05, 3.63) is 36.7 Å².